The zero-order chi connectivity index (χ0) is 21.9. The van der Waals surface area contributed by atoms with Gasteiger partial charge < -0.3 is 20.3 Å². The molecule has 7 nitrogen and oxygen atoms in total. The van der Waals surface area contributed by atoms with Gasteiger partial charge in [0.2, 0.25) is 0 Å². The molecular weight excluding hydrogens is 431 g/mol. The SMILES string of the molecule is Clc1cccc(CN(C2CCNCC2)C2CCOCC2)c1Cl.O=C(O)C=CC(=O)O. The third kappa shape index (κ3) is 8.24. The first-order valence-corrected chi connectivity index (χ1v) is 10.7. The molecule has 0 spiro atoms. The molecule has 9 heteroatoms. The first kappa shape index (κ1) is 24.6. The van der Waals surface area contributed by atoms with E-state index in [0.717, 1.165) is 51.3 Å². The maximum atomic E-state index is 9.55. The quantitative estimate of drug-likeness (QED) is 0.561. The number of piperidine rings is 1. The van der Waals surface area contributed by atoms with Gasteiger partial charge in [0.1, 0.15) is 0 Å². The van der Waals surface area contributed by atoms with Gasteiger partial charge in [0.15, 0.2) is 0 Å². The van der Waals surface area contributed by atoms with E-state index >= 15 is 0 Å². The second kappa shape index (κ2) is 12.9. The van der Waals surface area contributed by atoms with Gasteiger partial charge in [0.05, 0.1) is 10.0 Å². The van der Waals surface area contributed by atoms with Crippen LogP contribution in [0.15, 0.2) is 30.4 Å². The van der Waals surface area contributed by atoms with Gasteiger partial charge in [0.25, 0.3) is 0 Å². The minimum absolute atomic E-state index is 0.558. The fourth-order valence-corrected chi connectivity index (χ4v) is 4.10. The molecule has 3 N–H and O–H groups in total. The summed E-state index contributed by atoms with van der Waals surface area (Å²) in [5, 5.41) is 20.4. The summed E-state index contributed by atoms with van der Waals surface area (Å²) in [5.74, 6) is -2.51. The predicted octanol–water partition coefficient (Wildman–Crippen LogP) is 3.44. The molecule has 3 rings (SSSR count). The second-order valence-corrected chi connectivity index (χ2v) is 8.00. The largest absolute Gasteiger partial charge is 0.478 e. The smallest absolute Gasteiger partial charge is 0.328 e. The number of nitrogens with one attached hydrogen (secondary N) is 1. The van der Waals surface area contributed by atoms with Crippen molar-refractivity contribution in [1.29, 1.82) is 0 Å². The first-order valence-electron chi connectivity index (χ1n) is 9.99. The summed E-state index contributed by atoms with van der Waals surface area (Å²) in [6.07, 6.45) is 5.75. The van der Waals surface area contributed by atoms with Crippen molar-refractivity contribution in [3.05, 3.63) is 46.0 Å². The Labute approximate surface area is 186 Å². The number of aliphatic carboxylic acids is 2. The number of hydrogen-bond acceptors (Lipinski definition) is 5. The van der Waals surface area contributed by atoms with E-state index < -0.39 is 11.9 Å². The van der Waals surface area contributed by atoms with Crippen LogP contribution >= 0.6 is 23.2 Å². The maximum absolute atomic E-state index is 9.55. The van der Waals surface area contributed by atoms with Crippen LogP contribution < -0.4 is 5.32 Å². The van der Waals surface area contributed by atoms with Crippen molar-refractivity contribution >= 4 is 35.1 Å². The van der Waals surface area contributed by atoms with Crippen molar-refractivity contribution in [3.63, 3.8) is 0 Å². The van der Waals surface area contributed by atoms with Crippen LogP contribution in [0.4, 0.5) is 0 Å². The summed E-state index contributed by atoms with van der Waals surface area (Å²) in [6, 6.07) is 7.17. The Morgan fingerprint density at radius 1 is 1.03 bits per heavy atom. The number of carboxylic acid groups (broad SMARTS) is 2. The number of nitrogens with zero attached hydrogens (tertiary/aromatic N) is 1. The fraction of sp³-hybridized carbons (Fsp3) is 0.524. The lowest BCUT2D eigenvalue weighted by Crippen LogP contribution is -2.49. The lowest BCUT2D eigenvalue weighted by atomic mass is 9.97. The van der Waals surface area contributed by atoms with Crippen LogP contribution in [0.1, 0.15) is 31.2 Å². The Bertz CT molecular complexity index is 698. The Morgan fingerprint density at radius 3 is 2.17 bits per heavy atom. The molecule has 0 aromatic heterocycles. The summed E-state index contributed by atoms with van der Waals surface area (Å²) >= 11 is 12.6. The third-order valence-corrected chi connectivity index (χ3v) is 6.05. The van der Waals surface area contributed by atoms with Crippen molar-refractivity contribution in [2.45, 2.75) is 44.3 Å². The molecule has 1 aromatic carbocycles. The molecule has 2 saturated heterocycles. The standard InChI is InChI=1S/C17H24Cl2N2O.C4H4O4/c18-16-3-1-2-13(17(16)19)12-21(14-4-8-20-9-5-14)15-6-10-22-11-7-15;5-3(6)1-2-4(7)8/h1-3,14-15,20H,4-12H2;1-2H,(H,5,6)(H,7,8). The van der Waals surface area contributed by atoms with E-state index in [1.165, 1.54) is 12.8 Å². The van der Waals surface area contributed by atoms with E-state index in [9.17, 15) is 9.59 Å². The lowest BCUT2D eigenvalue weighted by Gasteiger charge is -2.42. The highest BCUT2D eigenvalue weighted by atomic mass is 35.5. The second-order valence-electron chi connectivity index (χ2n) is 7.22. The van der Waals surface area contributed by atoms with Crippen molar-refractivity contribution < 1.29 is 24.5 Å². The first-order chi connectivity index (χ1) is 14.4. The van der Waals surface area contributed by atoms with Gasteiger partial charge >= 0.3 is 11.9 Å². The highest BCUT2D eigenvalue weighted by Crippen LogP contribution is 2.30. The van der Waals surface area contributed by atoms with Gasteiger partial charge in [0, 0.05) is 44.0 Å². The van der Waals surface area contributed by atoms with Crippen LogP contribution in [-0.2, 0) is 20.9 Å². The number of hydrogen-bond donors (Lipinski definition) is 3. The zero-order valence-corrected chi connectivity index (χ0v) is 18.2. The monoisotopic (exact) mass is 458 g/mol. The van der Waals surface area contributed by atoms with E-state index in [2.05, 4.69) is 16.3 Å². The summed E-state index contributed by atoms with van der Waals surface area (Å²) < 4.78 is 5.54. The molecule has 30 heavy (non-hydrogen) atoms. The number of carbonyl (C=O) groups is 2. The summed E-state index contributed by atoms with van der Waals surface area (Å²) in [7, 11) is 0. The van der Waals surface area contributed by atoms with Crippen molar-refractivity contribution in [2.24, 2.45) is 0 Å². The van der Waals surface area contributed by atoms with E-state index in [1.807, 2.05) is 12.1 Å². The molecule has 0 bridgehead atoms. The predicted molar refractivity (Wildman–Crippen MR) is 116 cm³/mol. The van der Waals surface area contributed by atoms with Gasteiger partial charge in [-0.15, -0.1) is 0 Å². The van der Waals surface area contributed by atoms with Crippen molar-refractivity contribution in [3.8, 4) is 0 Å². The number of carboxylic acids is 2. The summed E-state index contributed by atoms with van der Waals surface area (Å²) in [5.41, 5.74) is 1.14. The van der Waals surface area contributed by atoms with Crippen LogP contribution in [-0.4, -0.2) is 65.4 Å². The van der Waals surface area contributed by atoms with Gasteiger partial charge in [-0.2, -0.15) is 0 Å². The van der Waals surface area contributed by atoms with Gasteiger partial charge in [-0.25, -0.2) is 9.59 Å². The molecule has 1 aromatic rings. The number of benzene rings is 1. The summed E-state index contributed by atoms with van der Waals surface area (Å²) in [4.78, 5) is 21.8. The fourth-order valence-electron chi connectivity index (χ4n) is 3.72. The molecule has 0 atom stereocenters. The number of rotatable bonds is 6. The Balaban J connectivity index is 0.000000343. The molecule has 2 heterocycles. The molecule has 0 aliphatic carbocycles. The van der Waals surface area contributed by atoms with E-state index in [0.29, 0.717) is 34.3 Å². The highest BCUT2D eigenvalue weighted by molar-refractivity contribution is 6.42. The third-order valence-electron chi connectivity index (χ3n) is 5.19. The van der Waals surface area contributed by atoms with E-state index in [1.54, 1.807) is 0 Å². The molecule has 2 aliphatic heterocycles. The molecule has 0 amide bonds. The average Bonchev–Trinajstić information content (AvgIpc) is 2.75. The molecular formula is C21H28Cl2N2O5. The minimum atomic E-state index is -1.26. The molecule has 2 aliphatic rings. The van der Waals surface area contributed by atoms with Crippen molar-refractivity contribution in [1.82, 2.24) is 10.2 Å². The van der Waals surface area contributed by atoms with Crippen molar-refractivity contribution in [2.75, 3.05) is 26.3 Å². The normalized spacial score (nSPS) is 18.2. The average molecular weight is 459 g/mol. The van der Waals surface area contributed by atoms with Gasteiger partial charge in [-0.3, -0.25) is 4.90 Å². The van der Waals surface area contributed by atoms with Crippen LogP contribution in [0.2, 0.25) is 10.0 Å². The number of halogens is 2. The Kier molecular flexibility index (Phi) is 10.6. The van der Waals surface area contributed by atoms with E-state index in [-0.39, 0.29) is 0 Å². The maximum Gasteiger partial charge on any atom is 0.328 e. The molecule has 0 radical (unpaired) electrons. The zero-order valence-electron chi connectivity index (χ0n) is 16.7. The molecule has 0 saturated carbocycles. The summed E-state index contributed by atoms with van der Waals surface area (Å²) in [6.45, 7) is 4.83. The van der Waals surface area contributed by atoms with Crippen LogP contribution in [0.5, 0.6) is 0 Å². The van der Waals surface area contributed by atoms with Gasteiger partial charge in [-0.1, -0.05) is 35.3 Å². The Morgan fingerprint density at radius 2 is 1.60 bits per heavy atom. The lowest BCUT2D eigenvalue weighted by molar-refractivity contribution is -0.134. The van der Waals surface area contributed by atoms with Crippen LogP contribution in [0.3, 0.4) is 0 Å². The van der Waals surface area contributed by atoms with Crippen LogP contribution in [0.25, 0.3) is 0 Å². The molecule has 0 unspecified atom stereocenters. The van der Waals surface area contributed by atoms with Gasteiger partial charge in [-0.05, 0) is 50.4 Å². The molecule has 2 fully saturated rings. The minimum Gasteiger partial charge on any atom is -0.478 e. The Hall–Kier alpha value is -1.64. The van der Waals surface area contributed by atoms with Crippen LogP contribution in [0, 0.1) is 0 Å². The molecule has 166 valence electrons. The topological polar surface area (TPSA) is 99.1 Å². The van der Waals surface area contributed by atoms with E-state index in [4.69, 9.17) is 38.2 Å². The number of ether oxygens (including phenoxy) is 1. The highest BCUT2D eigenvalue weighted by Gasteiger charge is 2.29.